The molecule has 38 heavy (non-hydrogen) atoms. The maximum Gasteiger partial charge on any atom is 0.242 e. The van der Waals surface area contributed by atoms with Crippen LogP contribution in [0.5, 0.6) is 11.5 Å². The molecule has 2 amide bonds. The molecule has 0 aliphatic carbocycles. The van der Waals surface area contributed by atoms with Gasteiger partial charge in [0.05, 0.1) is 11.9 Å². The van der Waals surface area contributed by atoms with E-state index in [1.54, 1.807) is 37.3 Å². The van der Waals surface area contributed by atoms with Crippen LogP contribution in [0.1, 0.15) is 45.1 Å². The highest BCUT2D eigenvalue weighted by Gasteiger charge is 2.27. The van der Waals surface area contributed by atoms with Crippen LogP contribution in [0.4, 0.5) is 5.69 Å². The van der Waals surface area contributed by atoms with Crippen LogP contribution in [0.15, 0.2) is 42.5 Å². The van der Waals surface area contributed by atoms with E-state index < -0.39 is 16.1 Å². The zero-order valence-electron chi connectivity index (χ0n) is 22.1. The molecule has 1 N–H and O–H groups in total. The average Bonchev–Trinajstić information content (AvgIpc) is 2.89. The van der Waals surface area contributed by atoms with Gasteiger partial charge in [-0.2, -0.15) is 0 Å². The molecule has 2 aromatic carbocycles. The molecule has 0 spiro atoms. The van der Waals surface area contributed by atoms with Crippen LogP contribution in [0.25, 0.3) is 0 Å². The van der Waals surface area contributed by atoms with Gasteiger partial charge in [0.25, 0.3) is 0 Å². The third-order valence-electron chi connectivity index (χ3n) is 6.26. The molecule has 1 aliphatic rings. The molecule has 0 saturated carbocycles. The molecule has 208 valence electrons. The second-order valence-electron chi connectivity index (χ2n) is 9.20. The van der Waals surface area contributed by atoms with Gasteiger partial charge in [-0.3, -0.25) is 13.9 Å². The third kappa shape index (κ3) is 8.01. The van der Waals surface area contributed by atoms with Crippen molar-refractivity contribution in [2.24, 2.45) is 0 Å². The summed E-state index contributed by atoms with van der Waals surface area (Å²) >= 11 is 6.34. The Hall–Kier alpha value is -2.98. The monoisotopic (exact) mass is 565 g/mol. The molecule has 0 aromatic heterocycles. The molecule has 0 fully saturated rings. The van der Waals surface area contributed by atoms with Gasteiger partial charge in [-0.15, -0.1) is 0 Å². The molecule has 2 aromatic rings. The Bertz CT molecular complexity index is 1220. The maximum atomic E-state index is 13.4. The van der Waals surface area contributed by atoms with Crippen molar-refractivity contribution in [3.63, 3.8) is 0 Å². The van der Waals surface area contributed by atoms with E-state index in [1.807, 2.05) is 19.1 Å². The summed E-state index contributed by atoms with van der Waals surface area (Å²) in [5.74, 6) is 0.531. The standard InChI is InChI=1S/C27H36ClN3O6S/c1-4-5-14-29-27(33)20(2)30(19-21-9-6-7-10-23(21)28)26(32)11-8-15-31(38(3,34)35)22-12-13-24-25(18-22)37-17-16-36-24/h6-7,9-10,12-13,18,20H,4-5,8,11,14-17,19H2,1-3H3,(H,29,33)/t20-/m0/s1. The highest BCUT2D eigenvalue weighted by molar-refractivity contribution is 7.92. The van der Waals surface area contributed by atoms with Gasteiger partial charge in [0.1, 0.15) is 19.3 Å². The molecule has 9 nitrogen and oxygen atoms in total. The van der Waals surface area contributed by atoms with Gasteiger partial charge in [-0.1, -0.05) is 43.1 Å². The number of fused-ring (bicyclic) bond motifs is 1. The molecule has 1 atom stereocenters. The van der Waals surface area contributed by atoms with E-state index in [9.17, 15) is 18.0 Å². The second-order valence-corrected chi connectivity index (χ2v) is 11.5. The van der Waals surface area contributed by atoms with E-state index in [4.69, 9.17) is 21.1 Å². The minimum absolute atomic E-state index is 0.0492. The lowest BCUT2D eigenvalue weighted by molar-refractivity contribution is -0.140. The van der Waals surface area contributed by atoms with E-state index in [1.165, 1.54) is 9.21 Å². The molecule has 3 rings (SSSR count). The van der Waals surface area contributed by atoms with Crippen LogP contribution < -0.4 is 19.1 Å². The minimum Gasteiger partial charge on any atom is -0.486 e. The lowest BCUT2D eigenvalue weighted by Gasteiger charge is -2.30. The summed E-state index contributed by atoms with van der Waals surface area (Å²) in [7, 11) is -3.63. The minimum atomic E-state index is -3.63. The van der Waals surface area contributed by atoms with Gasteiger partial charge in [0.15, 0.2) is 11.5 Å². The summed E-state index contributed by atoms with van der Waals surface area (Å²) in [6.07, 6.45) is 3.21. The van der Waals surface area contributed by atoms with E-state index in [2.05, 4.69) is 5.32 Å². The number of unbranched alkanes of at least 4 members (excludes halogenated alkanes) is 1. The van der Waals surface area contributed by atoms with Gasteiger partial charge in [-0.05, 0) is 43.5 Å². The van der Waals surface area contributed by atoms with Crippen LogP contribution in [0.2, 0.25) is 5.02 Å². The Morgan fingerprint density at radius 3 is 2.47 bits per heavy atom. The zero-order chi connectivity index (χ0) is 27.7. The van der Waals surface area contributed by atoms with Crippen molar-refractivity contribution in [1.29, 1.82) is 0 Å². The van der Waals surface area contributed by atoms with Crippen LogP contribution in [-0.2, 0) is 26.2 Å². The van der Waals surface area contributed by atoms with Crippen molar-refractivity contribution >= 4 is 39.1 Å². The summed E-state index contributed by atoms with van der Waals surface area (Å²) in [6.45, 7) is 5.33. The van der Waals surface area contributed by atoms with Crippen LogP contribution in [-0.4, -0.2) is 63.7 Å². The topological polar surface area (TPSA) is 105 Å². The van der Waals surface area contributed by atoms with Gasteiger partial charge in [0.2, 0.25) is 21.8 Å². The van der Waals surface area contributed by atoms with Crippen molar-refractivity contribution in [1.82, 2.24) is 10.2 Å². The Morgan fingerprint density at radius 2 is 1.79 bits per heavy atom. The number of ether oxygens (including phenoxy) is 2. The van der Waals surface area contributed by atoms with E-state index in [0.29, 0.717) is 42.0 Å². The zero-order valence-corrected chi connectivity index (χ0v) is 23.7. The van der Waals surface area contributed by atoms with Crippen LogP contribution in [0, 0.1) is 0 Å². The molecule has 1 heterocycles. The number of anilines is 1. The summed E-state index contributed by atoms with van der Waals surface area (Å²) in [5.41, 5.74) is 1.16. The Labute approximate surface area is 230 Å². The summed E-state index contributed by atoms with van der Waals surface area (Å²) < 4.78 is 37.6. The highest BCUT2D eigenvalue weighted by atomic mass is 35.5. The van der Waals surface area contributed by atoms with Gasteiger partial charge in [0, 0.05) is 37.1 Å². The predicted octanol–water partition coefficient (Wildman–Crippen LogP) is 3.99. The van der Waals surface area contributed by atoms with Gasteiger partial charge in [-0.25, -0.2) is 8.42 Å². The fraction of sp³-hybridized carbons (Fsp3) is 0.481. The van der Waals surface area contributed by atoms with Crippen molar-refractivity contribution in [3.05, 3.63) is 53.1 Å². The fourth-order valence-corrected chi connectivity index (χ4v) is 5.27. The lowest BCUT2D eigenvalue weighted by atomic mass is 10.1. The van der Waals surface area contributed by atoms with Crippen LogP contribution in [0.3, 0.4) is 0 Å². The number of halogens is 1. The summed E-state index contributed by atoms with van der Waals surface area (Å²) in [5, 5.41) is 3.39. The molecule has 0 unspecified atom stereocenters. The number of hydrogen-bond donors (Lipinski definition) is 1. The maximum absolute atomic E-state index is 13.4. The number of rotatable bonds is 13. The molecular weight excluding hydrogens is 530 g/mol. The fourth-order valence-electron chi connectivity index (χ4n) is 4.12. The first-order chi connectivity index (χ1) is 18.1. The molecule has 0 radical (unpaired) electrons. The normalized spacial score (nSPS) is 13.5. The van der Waals surface area contributed by atoms with Crippen molar-refractivity contribution in [3.8, 4) is 11.5 Å². The number of sulfonamides is 1. The Balaban J connectivity index is 1.72. The number of hydrogen-bond acceptors (Lipinski definition) is 6. The third-order valence-corrected chi connectivity index (χ3v) is 7.82. The van der Waals surface area contributed by atoms with Gasteiger partial charge >= 0.3 is 0 Å². The quantitative estimate of drug-likeness (QED) is 0.368. The van der Waals surface area contributed by atoms with E-state index in [-0.39, 0.29) is 37.7 Å². The Morgan fingerprint density at radius 1 is 1.08 bits per heavy atom. The van der Waals surface area contributed by atoms with Crippen molar-refractivity contribution < 1.29 is 27.5 Å². The number of carbonyl (C=O) groups excluding carboxylic acids is 2. The molecule has 1 aliphatic heterocycles. The first-order valence-electron chi connectivity index (χ1n) is 12.8. The largest absolute Gasteiger partial charge is 0.486 e. The number of nitrogens with zero attached hydrogens (tertiary/aromatic N) is 2. The number of carbonyl (C=O) groups is 2. The SMILES string of the molecule is CCCCNC(=O)[C@H](C)N(Cc1ccccc1Cl)C(=O)CCCN(c1ccc2c(c1)OCCO2)S(C)(=O)=O. The predicted molar refractivity (Wildman–Crippen MR) is 148 cm³/mol. The molecule has 11 heteroatoms. The average molecular weight is 566 g/mol. The lowest BCUT2D eigenvalue weighted by Crippen LogP contribution is -2.48. The number of nitrogens with one attached hydrogen (secondary N) is 1. The Kier molecular flexibility index (Phi) is 10.7. The smallest absolute Gasteiger partial charge is 0.242 e. The second kappa shape index (κ2) is 13.7. The van der Waals surface area contributed by atoms with Crippen LogP contribution >= 0.6 is 11.6 Å². The molecular formula is C27H36ClN3O6S. The first-order valence-corrected chi connectivity index (χ1v) is 15.0. The van der Waals surface area contributed by atoms with Crippen molar-refractivity contribution in [2.45, 2.75) is 52.1 Å². The molecule has 0 bridgehead atoms. The highest BCUT2D eigenvalue weighted by Crippen LogP contribution is 2.34. The summed E-state index contributed by atoms with van der Waals surface area (Å²) in [6, 6.07) is 11.4. The van der Waals surface area contributed by atoms with E-state index >= 15 is 0 Å². The van der Waals surface area contributed by atoms with E-state index in [0.717, 1.165) is 24.7 Å². The molecule has 0 saturated heterocycles. The first kappa shape index (κ1) is 29.6. The number of amides is 2. The van der Waals surface area contributed by atoms with Crippen molar-refractivity contribution in [2.75, 3.05) is 36.9 Å². The summed E-state index contributed by atoms with van der Waals surface area (Å²) in [4.78, 5) is 27.7. The van der Waals surface area contributed by atoms with Gasteiger partial charge < -0.3 is 19.7 Å². The number of benzene rings is 2.